The summed E-state index contributed by atoms with van der Waals surface area (Å²) in [6.07, 6.45) is -6.14. The van der Waals surface area contributed by atoms with Gasteiger partial charge >= 0.3 is 6.18 Å². The van der Waals surface area contributed by atoms with Gasteiger partial charge in [0.15, 0.2) is 0 Å². The summed E-state index contributed by atoms with van der Waals surface area (Å²) < 4.78 is 65.8. The zero-order chi connectivity index (χ0) is 11.6. The third-order valence-electron chi connectivity index (χ3n) is 0.779. The quantitative estimate of drug-likeness (QED) is 0.492. The third-order valence-corrected chi connectivity index (χ3v) is 0.779. The lowest BCUT2D eigenvalue weighted by molar-refractivity contribution is -0.124. The summed E-state index contributed by atoms with van der Waals surface area (Å²) in [4.78, 5) is 0. The topological polar surface area (TPSA) is 0 Å². The van der Waals surface area contributed by atoms with Crippen molar-refractivity contribution in [3.05, 3.63) is 25.1 Å². The second-order valence-corrected chi connectivity index (χ2v) is 2.10. The monoisotopic (exact) mass is 220 g/mol. The molecule has 0 fully saturated rings. The summed E-state index contributed by atoms with van der Waals surface area (Å²) in [7, 11) is 0. The van der Waals surface area contributed by atoms with Gasteiger partial charge in [0, 0.05) is 6.42 Å². The first kappa shape index (κ1) is 15.5. The van der Waals surface area contributed by atoms with Gasteiger partial charge in [-0.25, -0.2) is 13.2 Å². The highest BCUT2D eigenvalue weighted by Gasteiger charge is 2.23. The Morgan fingerprint density at radius 3 is 1.79 bits per heavy atom. The van der Waals surface area contributed by atoms with Gasteiger partial charge in [-0.15, -0.1) is 6.58 Å². The van der Waals surface area contributed by atoms with Crippen molar-refractivity contribution in [1.82, 2.24) is 0 Å². The first-order valence-corrected chi connectivity index (χ1v) is 3.54. The van der Waals surface area contributed by atoms with E-state index in [0.717, 1.165) is 12.2 Å². The van der Waals surface area contributed by atoms with Crippen LogP contribution in [-0.4, -0.2) is 12.6 Å². The van der Waals surface area contributed by atoms with Crippen molar-refractivity contribution in [2.75, 3.05) is 0 Å². The Hall–Kier alpha value is -0.940. The van der Waals surface area contributed by atoms with Gasteiger partial charge < -0.3 is 0 Å². The van der Waals surface area contributed by atoms with E-state index in [-0.39, 0.29) is 6.33 Å². The summed E-state index contributed by atoms with van der Waals surface area (Å²) in [5.41, 5.74) is 0. The molecule has 14 heavy (non-hydrogen) atoms. The Morgan fingerprint density at radius 1 is 1.21 bits per heavy atom. The molecule has 0 aliphatic carbocycles. The Kier molecular flexibility index (Phi) is 9.59. The smallest absolute Gasteiger partial charge is 0.216 e. The van der Waals surface area contributed by atoms with Crippen LogP contribution in [0.5, 0.6) is 0 Å². The molecule has 0 aromatic heterocycles. The van der Waals surface area contributed by atoms with Crippen LogP contribution in [0.25, 0.3) is 0 Å². The number of hydrogen-bond acceptors (Lipinski definition) is 0. The van der Waals surface area contributed by atoms with Gasteiger partial charge in [0.2, 0.25) is 6.43 Å². The van der Waals surface area contributed by atoms with Gasteiger partial charge in [-0.3, -0.25) is 0 Å². The highest BCUT2D eigenvalue weighted by Crippen LogP contribution is 2.18. The Labute approximate surface area is 77.9 Å². The predicted molar refractivity (Wildman–Crippen MR) is 41.7 cm³/mol. The molecule has 0 saturated heterocycles. The Bertz CT molecular complexity index is 158. The van der Waals surface area contributed by atoms with Crippen LogP contribution >= 0.6 is 0 Å². The second-order valence-electron chi connectivity index (χ2n) is 2.10. The molecule has 0 amide bonds. The van der Waals surface area contributed by atoms with Crippen LogP contribution in [0.4, 0.5) is 26.3 Å². The average Bonchev–Trinajstić information content (AvgIpc) is 1.99. The fraction of sp³-hybridized carbons (Fsp3) is 0.500. The van der Waals surface area contributed by atoms with Crippen molar-refractivity contribution in [1.29, 1.82) is 0 Å². The van der Waals surface area contributed by atoms with Crippen molar-refractivity contribution >= 4 is 0 Å². The molecule has 0 heterocycles. The minimum absolute atomic E-state index is 0.117. The van der Waals surface area contributed by atoms with E-state index in [1.54, 1.807) is 0 Å². The molecule has 0 aromatic carbocycles. The fourth-order valence-electron chi connectivity index (χ4n) is 0.318. The maximum atomic E-state index is 11.0. The third kappa shape index (κ3) is 22.5. The van der Waals surface area contributed by atoms with E-state index in [1.165, 1.54) is 0 Å². The van der Waals surface area contributed by atoms with E-state index in [2.05, 4.69) is 6.58 Å². The van der Waals surface area contributed by atoms with E-state index in [4.69, 9.17) is 0 Å². The van der Waals surface area contributed by atoms with E-state index in [1.807, 2.05) is 0 Å². The molecule has 0 rings (SSSR count). The first-order chi connectivity index (χ1) is 6.33. The second kappa shape index (κ2) is 8.65. The summed E-state index contributed by atoms with van der Waals surface area (Å²) in [5.74, 6) is 0. The molecule has 0 saturated carbocycles. The Morgan fingerprint density at radius 2 is 1.71 bits per heavy atom. The highest BCUT2D eigenvalue weighted by atomic mass is 19.4. The zero-order valence-electron chi connectivity index (χ0n) is 7.20. The number of halogens is 6. The van der Waals surface area contributed by atoms with Crippen LogP contribution in [-0.2, 0) is 0 Å². The minimum Gasteiger partial charge on any atom is -0.216 e. The summed E-state index contributed by atoms with van der Waals surface area (Å²) in [6, 6.07) is 0. The molecular weight excluding hydrogens is 210 g/mol. The SMILES string of the molecule is C=CCC(F)(F)F.FC=CCC(F)F. The zero-order valence-corrected chi connectivity index (χ0v) is 7.20. The number of alkyl halides is 5. The van der Waals surface area contributed by atoms with Crippen LogP contribution in [0.2, 0.25) is 0 Å². The van der Waals surface area contributed by atoms with E-state index in [9.17, 15) is 26.3 Å². The molecule has 0 unspecified atom stereocenters. The van der Waals surface area contributed by atoms with Crippen molar-refractivity contribution < 1.29 is 26.3 Å². The summed E-state index contributed by atoms with van der Waals surface area (Å²) in [5, 5.41) is 0. The highest BCUT2D eigenvalue weighted by molar-refractivity contribution is 4.72. The average molecular weight is 220 g/mol. The van der Waals surface area contributed by atoms with Gasteiger partial charge in [0.1, 0.15) is 0 Å². The molecule has 0 nitrogen and oxygen atoms in total. The lowest BCUT2D eigenvalue weighted by atomic mass is 10.4. The van der Waals surface area contributed by atoms with E-state index >= 15 is 0 Å². The normalized spacial score (nSPS) is 11.4. The van der Waals surface area contributed by atoms with Crippen LogP contribution in [0, 0.1) is 0 Å². The van der Waals surface area contributed by atoms with Crippen LogP contribution in [0.1, 0.15) is 12.8 Å². The van der Waals surface area contributed by atoms with Gasteiger partial charge in [0.05, 0.1) is 12.8 Å². The molecule has 0 N–H and O–H groups in total. The van der Waals surface area contributed by atoms with Crippen molar-refractivity contribution in [3.63, 3.8) is 0 Å². The van der Waals surface area contributed by atoms with Gasteiger partial charge in [-0.05, 0) is 0 Å². The lowest BCUT2D eigenvalue weighted by Crippen LogP contribution is -2.03. The van der Waals surface area contributed by atoms with Crippen LogP contribution in [0.3, 0.4) is 0 Å². The van der Waals surface area contributed by atoms with E-state index < -0.39 is 25.4 Å². The number of rotatable bonds is 3. The minimum atomic E-state index is -4.07. The molecule has 0 aliphatic heterocycles. The predicted octanol–water partition coefficient (Wildman–Crippen LogP) is 4.25. The molecule has 0 spiro atoms. The maximum Gasteiger partial charge on any atom is 0.392 e. The molecular formula is C8H10F6. The molecule has 84 valence electrons. The van der Waals surface area contributed by atoms with Crippen molar-refractivity contribution in [3.8, 4) is 0 Å². The summed E-state index contributed by atoms with van der Waals surface area (Å²) >= 11 is 0. The number of hydrogen-bond donors (Lipinski definition) is 0. The van der Waals surface area contributed by atoms with Gasteiger partial charge in [0.25, 0.3) is 0 Å². The fourth-order valence-corrected chi connectivity index (χ4v) is 0.318. The van der Waals surface area contributed by atoms with Crippen LogP contribution in [0.15, 0.2) is 25.1 Å². The molecule has 0 radical (unpaired) electrons. The summed E-state index contributed by atoms with van der Waals surface area (Å²) in [6.45, 7) is 2.93. The van der Waals surface area contributed by atoms with E-state index in [0.29, 0.717) is 0 Å². The Balaban J connectivity index is 0. The maximum absolute atomic E-state index is 11.0. The molecule has 6 heteroatoms. The first-order valence-electron chi connectivity index (χ1n) is 3.54. The number of allylic oxidation sites excluding steroid dienone is 2. The van der Waals surface area contributed by atoms with Crippen LogP contribution < -0.4 is 0 Å². The lowest BCUT2D eigenvalue weighted by Gasteiger charge is -1.97. The molecule has 0 aliphatic rings. The largest absolute Gasteiger partial charge is 0.392 e. The van der Waals surface area contributed by atoms with Crippen molar-refractivity contribution in [2.45, 2.75) is 25.4 Å². The van der Waals surface area contributed by atoms with Gasteiger partial charge in [-0.1, -0.05) is 12.2 Å². The molecule has 0 aromatic rings. The standard InChI is InChI=1S/2C4H5F3/c1-2-3-4(5,6)7;5-3-1-2-4(6)7/h2H,1,3H2;1,3-4H,2H2. The molecule has 0 atom stereocenters. The van der Waals surface area contributed by atoms with Crippen molar-refractivity contribution in [2.24, 2.45) is 0 Å². The van der Waals surface area contributed by atoms with Gasteiger partial charge in [-0.2, -0.15) is 13.2 Å². The molecule has 0 bridgehead atoms.